The summed E-state index contributed by atoms with van der Waals surface area (Å²) in [6.45, 7) is 2.71. The highest BCUT2D eigenvalue weighted by molar-refractivity contribution is 5.56. The van der Waals surface area contributed by atoms with Crippen molar-refractivity contribution < 1.29 is 0 Å². The zero-order valence-electron chi connectivity index (χ0n) is 9.40. The number of pyridine rings is 1. The van der Waals surface area contributed by atoms with Gasteiger partial charge in [0.05, 0.1) is 5.69 Å². The Balaban J connectivity index is 2.25. The molecule has 3 N–H and O–H groups in total. The van der Waals surface area contributed by atoms with Crippen molar-refractivity contribution in [3.63, 3.8) is 0 Å². The molecule has 0 spiro atoms. The number of imidazole rings is 1. The first-order valence-corrected chi connectivity index (χ1v) is 5.48. The van der Waals surface area contributed by atoms with Gasteiger partial charge in [0.2, 0.25) is 0 Å². The minimum atomic E-state index is 0.693. The minimum absolute atomic E-state index is 0.693. The van der Waals surface area contributed by atoms with E-state index in [1.807, 2.05) is 25.1 Å². The summed E-state index contributed by atoms with van der Waals surface area (Å²) in [5.74, 6) is 0.989. The lowest BCUT2D eigenvalue weighted by Gasteiger charge is -1.95. The normalized spacial score (nSPS) is 10.6. The molecule has 2 aromatic rings. The summed E-state index contributed by atoms with van der Waals surface area (Å²) in [6, 6.07) is 5.84. The third-order valence-corrected chi connectivity index (χ3v) is 2.46. The highest BCUT2D eigenvalue weighted by Gasteiger charge is 2.08. The van der Waals surface area contributed by atoms with E-state index in [-0.39, 0.29) is 0 Å². The maximum Gasteiger partial charge on any atom is 0.110 e. The topological polar surface area (TPSA) is 67.6 Å². The fourth-order valence-electron chi connectivity index (χ4n) is 1.66. The Morgan fingerprint density at radius 3 is 2.94 bits per heavy atom. The molecule has 4 heteroatoms. The van der Waals surface area contributed by atoms with Crippen molar-refractivity contribution in [3.05, 3.63) is 35.9 Å². The summed E-state index contributed by atoms with van der Waals surface area (Å²) in [5, 5.41) is 0. The average molecular weight is 216 g/mol. The van der Waals surface area contributed by atoms with Crippen molar-refractivity contribution in [3.8, 4) is 11.4 Å². The first-order chi connectivity index (χ1) is 7.81. The molecular weight excluding hydrogens is 200 g/mol. The lowest BCUT2D eigenvalue weighted by molar-refractivity contribution is 0.792. The quantitative estimate of drug-likeness (QED) is 0.817. The molecule has 0 aromatic carbocycles. The molecule has 0 aliphatic rings. The van der Waals surface area contributed by atoms with Gasteiger partial charge in [0.25, 0.3) is 0 Å². The number of hydrogen-bond donors (Lipinski definition) is 2. The minimum Gasteiger partial charge on any atom is -0.346 e. The molecule has 0 fully saturated rings. The average Bonchev–Trinajstić information content (AvgIpc) is 2.69. The lowest BCUT2D eigenvalue weighted by atomic mass is 10.2. The van der Waals surface area contributed by atoms with Crippen LogP contribution in [0.25, 0.3) is 11.4 Å². The van der Waals surface area contributed by atoms with E-state index in [0.717, 1.165) is 35.7 Å². The lowest BCUT2D eigenvalue weighted by Crippen LogP contribution is -2.01. The van der Waals surface area contributed by atoms with Gasteiger partial charge in [-0.2, -0.15) is 0 Å². The van der Waals surface area contributed by atoms with Gasteiger partial charge in [0, 0.05) is 18.3 Å². The zero-order valence-corrected chi connectivity index (χ0v) is 9.40. The summed E-state index contributed by atoms with van der Waals surface area (Å²) in [7, 11) is 0. The smallest absolute Gasteiger partial charge is 0.110 e. The fourth-order valence-corrected chi connectivity index (χ4v) is 1.66. The number of aryl methyl sites for hydroxylation is 2. The second-order valence-electron chi connectivity index (χ2n) is 3.76. The summed E-state index contributed by atoms with van der Waals surface area (Å²) in [4.78, 5) is 12.1. The first-order valence-electron chi connectivity index (χ1n) is 5.48. The largest absolute Gasteiger partial charge is 0.346 e. The molecule has 2 heterocycles. The molecule has 0 amide bonds. The predicted molar refractivity (Wildman–Crippen MR) is 63.9 cm³/mol. The number of hydrogen-bond acceptors (Lipinski definition) is 3. The monoisotopic (exact) mass is 216 g/mol. The van der Waals surface area contributed by atoms with Crippen LogP contribution in [-0.2, 0) is 6.42 Å². The highest BCUT2D eigenvalue weighted by Crippen LogP contribution is 2.18. The van der Waals surface area contributed by atoms with Crippen LogP contribution in [-0.4, -0.2) is 21.5 Å². The van der Waals surface area contributed by atoms with E-state index in [4.69, 9.17) is 5.73 Å². The first kappa shape index (κ1) is 10.8. The van der Waals surface area contributed by atoms with Gasteiger partial charge in [-0.3, -0.25) is 4.98 Å². The number of aromatic amines is 1. The molecule has 4 nitrogen and oxygen atoms in total. The number of nitrogens with zero attached hydrogens (tertiary/aromatic N) is 2. The van der Waals surface area contributed by atoms with Crippen molar-refractivity contribution >= 4 is 0 Å². The SMILES string of the molecule is Cc1[nH]c(CCCN)nc1-c1ccccn1. The molecule has 0 atom stereocenters. The Labute approximate surface area is 94.9 Å². The molecule has 0 unspecified atom stereocenters. The van der Waals surface area contributed by atoms with Crippen molar-refractivity contribution in [2.24, 2.45) is 5.73 Å². The van der Waals surface area contributed by atoms with E-state index in [9.17, 15) is 0 Å². The molecule has 16 heavy (non-hydrogen) atoms. The Morgan fingerprint density at radius 1 is 1.38 bits per heavy atom. The van der Waals surface area contributed by atoms with Crippen molar-refractivity contribution in [1.29, 1.82) is 0 Å². The number of aromatic nitrogens is 3. The van der Waals surface area contributed by atoms with Gasteiger partial charge in [-0.25, -0.2) is 4.98 Å². The fraction of sp³-hybridized carbons (Fsp3) is 0.333. The van der Waals surface area contributed by atoms with Crippen LogP contribution >= 0.6 is 0 Å². The van der Waals surface area contributed by atoms with Crippen LogP contribution in [0.2, 0.25) is 0 Å². The van der Waals surface area contributed by atoms with Gasteiger partial charge in [0.15, 0.2) is 0 Å². The van der Waals surface area contributed by atoms with E-state index < -0.39 is 0 Å². The molecule has 0 aliphatic carbocycles. The molecule has 0 bridgehead atoms. The van der Waals surface area contributed by atoms with E-state index in [0.29, 0.717) is 6.54 Å². The zero-order chi connectivity index (χ0) is 11.4. The van der Waals surface area contributed by atoms with E-state index in [1.54, 1.807) is 6.20 Å². The summed E-state index contributed by atoms with van der Waals surface area (Å²) in [5.41, 5.74) is 8.39. The second-order valence-corrected chi connectivity index (χ2v) is 3.76. The summed E-state index contributed by atoms with van der Waals surface area (Å²) >= 11 is 0. The summed E-state index contributed by atoms with van der Waals surface area (Å²) in [6.07, 6.45) is 3.63. The third-order valence-electron chi connectivity index (χ3n) is 2.46. The molecule has 0 saturated heterocycles. The Kier molecular flexibility index (Phi) is 3.31. The van der Waals surface area contributed by atoms with Crippen LogP contribution in [0.5, 0.6) is 0 Å². The van der Waals surface area contributed by atoms with Crippen LogP contribution in [0.15, 0.2) is 24.4 Å². The molecule has 0 radical (unpaired) electrons. The van der Waals surface area contributed by atoms with E-state index in [1.165, 1.54) is 0 Å². The van der Waals surface area contributed by atoms with Gasteiger partial charge < -0.3 is 10.7 Å². The van der Waals surface area contributed by atoms with Crippen molar-refractivity contribution in [2.45, 2.75) is 19.8 Å². The van der Waals surface area contributed by atoms with Crippen LogP contribution < -0.4 is 5.73 Å². The van der Waals surface area contributed by atoms with Gasteiger partial charge in [0.1, 0.15) is 11.5 Å². The van der Waals surface area contributed by atoms with Gasteiger partial charge >= 0.3 is 0 Å². The molecular formula is C12H16N4. The van der Waals surface area contributed by atoms with Gasteiger partial charge in [-0.05, 0) is 32.0 Å². The molecule has 84 valence electrons. The number of nitrogens with one attached hydrogen (secondary N) is 1. The van der Waals surface area contributed by atoms with Gasteiger partial charge in [-0.15, -0.1) is 0 Å². The number of H-pyrrole nitrogens is 1. The second kappa shape index (κ2) is 4.90. The highest BCUT2D eigenvalue weighted by atomic mass is 14.9. The van der Waals surface area contributed by atoms with Crippen LogP contribution in [0.3, 0.4) is 0 Å². The molecule has 2 rings (SSSR count). The van der Waals surface area contributed by atoms with Crippen LogP contribution in [0.1, 0.15) is 17.9 Å². The third kappa shape index (κ3) is 2.28. The van der Waals surface area contributed by atoms with Gasteiger partial charge in [-0.1, -0.05) is 6.07 Å². The maximum absolute atomic E-state index is 5.48. The molecule has 2 aromatic heterocycles. The number of rotatable bonds is 4. The summed E-state index contributed by atoms with van der Waals surface area (Å²) < 4.78 is 0. The Hall–Kier alpha value is -1.68. The number of nitrogens with two attached hydrogens (primary N) is 1. The van der Waals surface area contributed by atoms with E-state index in [2.05, 4.69) is 15.0 Å². The Morgan fingerprint density at radius 2 is 2.25 bits per heavy atom. The molecule has 0 saturated carbocycles. The maximum atomic E-state index is 5.48. The standard InChI is InChI=1S/C12H16N4/c1-9-12(10-5-2-3-8-14-10)16-11(15-9)6-4-7-13/h2-3,5,8H,4,6-7,13H2,1H3,(H,15,16). The predicted octanol–water partition coefficient (Wildman–Crippen LogP) is 1.67. The Bertz CT molecular complexity index is 447. The van der Waals surface area contributed by atoms with Crippen molar-refractivity contribution in [1.82, 2.24) is 15.0 Å². The van der Waals surface area contributed by atoms with Crippen LogP contribution in [0, 0.1) is 6.92 Å². The van der Waals surface area contributed by atoms with Crippen molar-refractivity contribution in [2.75, 3.05) is 6.54 Å². The van der Waals surface area contributed by atoms with Crippen LogP contribution in [0.4, 0.5) is 0 Å². The van der Waals surface area contributed by atoms with E-state index >= 15 is 0 Å². The molecule has 0 aliphatic heterocycles.